The van der Waals surface area contributed by atoms with Crippen molar-refractivity contribution in [2.75, 3.05) is 13.2 Å². The Bertz CT molecular complexity index is 950. The Kier molecular flexibility index (Phi) is 4.76. The largest absolute Gasteiger partial charge is 0.486 e. The monoisotopic (exact) mass is 365 g/mol. The van der Waals surface area contributed by atoms with E-state index in [-0.39, 0.29) is 5.56 Å². The second kappa shape index (κ2) is 7.51. The SMILES string of the molecule is O=C(O)c1ccc(CNCc2cn[nH]c2-c2ccc3c(c2)OCCO3)cc1. The summed E-state index contributed by atoms with van der Waals surface area (Å²) in [6.07, 6.45) is 1.80. The number of benzene rings is 2. The quantitative estimate of drug-likeness (QED) is 0.622. The van der Waals surface area contributed by atoms with Crippen molar-refractivity contribution in [2.24, 2.45) is 0 Å². The first kappa shape index (κ1) is 17.1. The number of H-pyrrole nitrogens is 1. The Hall–Kier alpha value is -3.32. The molecule has 27 heavy (non-hydrogen) atoms. The van der Waals surface area contributed by atoms with E-state index in [4.69, 9.17) is 14.6 Å². The molecule has 0 unspecified atom stereocenters. The second-order valence-electron chi connectivity index (χ2n) is 6.23. The van der Waals surface area contributed by atoms with E-state index in [0.717, 1.165) is 33.9 Å². The summed E-state index contributed by atoms with van der Waals surface area (Å²) in [6, 6.07) is 12.7. The van der Waals surface area contributed by atoms with E-state index in [1.54, 1.807) is 18.3 Å². The zero-order chi connectivity index (χ0) is 18.6. The molecule has 7 heteroatoms. The molecule has 1 aromatic heterocycles. The third kappa shape index (κ3) is 3.78. The van der Waals surface area contributed by atoms with Crippen LogP contribution in [0.25, 0.3) is 11.3 Å². The predicted molar refractivity (Wildman–Crippen MR) is 99.0 cm³/mol. The van der Waals surface area contributed by atoms with Crippen LogP contribution in [-0.2, 0) is 13.1 Å². The van der Waals surface area contributed by atoms with Crippen LogP contribution in [0.3, 0.4) is 0 Å². The number of ether oxygens (including phenoxy) is 2. The first-order chi connectivity index (χ1) is 13.2. The number of hydrogen-bond donors (Lipinski definition) is 3. The smallest absolute Gasteiger partial charge is 0.335 e. The van der Waals surface area contributed by atoms with Gasteiger partial charge in [-0.15, -0.1) is 0 Å². The Labute approximate surface area is 155 Å². The van der Waals surface area contributed by atoms with E-state index in [9.17, 15) is 4.79 Å². The van der Waals surface area contributed by atoms with Gasteiger partial charge in [-0.3, -0.25) is 5.10 Å². The van der Waals surface area contributed by atoms with Crippen molar-refractivity contribution in [1.82, 2.24) is 15.5 Å². The standard InChI is InChI=1S/C20H19N3O4/c24-20(25)14-3-1-13(2-4-14)10-21-11-16-12-22-23-19(16)15-5-6-17-18(9-15)27-8-7-26-17/h1-6,9,12,21H,7-8,10-11H2,(H,22,23)(H,24,25). The molecule has 3 N–H and O–H groups in total. The summed E-state index contributed by atoms with van der Waals surface area (Å²) in [5.74, 6) is 0.580. The van der Waals surface area contributed by atoms with Gasteiger partial charge in [-0.25, -0.2) is 4.79 Å². The van der Waals surface area contributed by atoms with Crippen LogP contribution in [0.5, 0.6) is 11.5 Å². The van der Waals surface area contributed by atoms with Crippen molar-refractivity contribution >= 4 is 5.97 Å². The predicted octanol–water partition coefficient (Wildman–Crippen LogP) is 2.84. The van der Waals surface area contributed by atoms with Crippen molar-refractivity contribution < 1.29 is 19.4 Å². The van der Waals surface area contributed by atoms with Gasteiger partial charge >= 0.3 is 5.97 Å². The number of hydrogen-bond acceptors (Lipinski definition) is 5. The molecular weight excluding hydrogens is 346 g/mol. The van der Waals surface area contributed by atoms with Crippen LogP contribution in [0, 0.1) is 0 Å². The van der Waals surface area contributed by atoms with Gasteiger partial charge in [0.15, 0.2) is 11.5 Å². The normalized spacial score (nSPS) is 12.7. The number of aromatic nitrogens is 2. The van der Waals surface area contributed by atoms with Gasteiger partial charge in [0, 0.05) is 24.2 Å². The first-order valence-corrected chi connectivity index (χ1v) is 8.66. The number of nitrogens with zero attached hydrogens (tertiary/aromatic N) is 1. The van der Waals surface area contributed by atoms with Gasteiger partial charge in [0.2, 0.25) is 0 Å². The zero-order valence-electron chi connectivity index (χ0n) is 14.6. The van der Waals surface area contributed by atoms with Crippen LogP contribution in [-0.4, -0.2) is 34.5 Å². The molecule has 0 spiro atoms. The molecule has 0 atom stereocenters. The van der Waals surface area contributed by atoms with E-state index in [0.29, 0.717) is 26.3 Å². The molecule has 4 rings (SSSR count). The highest BCUT2D eigenvalue weighted by atomic mass is 16.6. The highest BCUT2D eigenvalue weighted by molar-refractivity contribution is 5.87. The van der Waals surface area contributed by atoms with E-state index in [2.05, 4.69) is 15.5 Å². The molecule has 2 heterocycles. The zero-order valence-corrected chi connectivity index (χ0v) is 14.6. The third-order valence-electron chi connectivity index (χ3n) is 4.39. The number of nitrogens with one attached hydrogen (secondary N) is 2. The number of rotatable bonds is 6. The van der Waals surface area contributed by atoms with Crippen molar-refractivity contribution in [2.45, 2.75) is 13.1 Å². The van der Waals surface area contributed by atoms with Crippen LogP contribution < -0.4 is 14.8 Å². The molecule has 0 aliphatic carbocycles. The minimum absolute atomic E-state index is 0.287. The summed E-state index contributed by atoms with van der Waals surface area (Å²) in [5, 5.41) is 19.5. The summed E-state index contributed by atoms with van der Waals surface area (Å²) in [6.45, 7) is 2.38. The van der Waals surface area contributed by atoms with Crippen LogP contribution in [0.2, 0.25) is 0 Å². The highest BCUT2D eigenvalue weighted by Crippen LogP contribution is 2.34. The van der Waals surface area contributed by atoms with Crippen molar-refractivity contribution in [3.63, 3.8) is 0 Å². The molecule has 7 nitrogen and oxygen atoms in total. The molecular formula is C20H19N3O4. The summed E-state index contributed by atoms with van der Waals surface area (Å²) in [4.78, 5) is 10.9. The van der Waals surface area contributed by atoms with Crippen LogP contribution in [0.4, 0.5) is 0 Å². The number of carboxylic acids is 1. The van der Waals surface area contributed by atoms with Crippen molar-refractivity contribution in [3.8, 4) is 22.8 Å². The summed E-state index contributed by atoms with van der Waals surface area (Å²) in [7, 11) is 0. The minimum Gasteiger partial charge on any atom is -0.486 e. The molecule has 0 fully saturated rings. The van der Waals surface area contributed by atoms with E-state index < -0.39 is 5.97 Å². The summed E-state index contributed by atoms with van der Waals surface area (Å²) >= 11 is 0. The van der Waals surface area contributed by atoms with Gasteiger partial charge in [0.1, 0.15) is 13.2 Å². The Morgan fingerprint density at radius 3 is 2.63 bits per heavy atom. The maximum Gasteiger partial charge on any atom is 0.335 e. The molecule has 1 aliphatic heterocycles. The molecule has 1 aliphatic rings. The lowest BCUT2D eigenvalue weighted by Crippen LogP contribution is -2.15. The fourth-order valence-electron chi connectivity index (χ4n) is 3.00. The van der Waals surface area contributed by atoms with Crippen LogP contribution >= 0.6 is 0 Å². The fourth-order valence-corrected chi connectivity index (χ4v) is 3.00. The maximum absolute atomic E-state index is 10.9. The fraction of sp³-hybridized carbons (Fsp3) is 0.200. The van der Waals surface area contributed by atoms with Crippen molar-refractivity contribution in [3.05, 3.63) is 65.4 Å². The highest BCUT2D eigenvalue weighted by Gasteiger charge is 2.15. The molecule has 0 saturated carbocycles. The van der Waals surface area contributed by atoms with E-state index in [1.165, 1.54) is 0 Å². The summed E-state index contributed by atoms with van der Waals surface area (Å²) < 4.78 is 11.2. The van der Waals surface area contributed by atoms with E-state index >= 15 is 0 Å². The van der Waals surface area contributed by atoms with Gasteiger partial charge in [-0.05, 0) is 35.9 Å². The topological polar surface area (TPSA) is 96.5 Å². The number of aromatic carboxylic acids is 1. The second-order valence-corrected chi connectivity index (χ2v) is 6.23. The van der Waals surface area contributed by atoms with Gasteiger partial charge in [-0.1, -0.05) is 12.1 Å². The number of carboxylic acid groups (broad SMARTS) is 1. The molecule has 138 valence electrons. The molecule has 0 radical (unpaired) electrons. The Morgan fingerprint density at radius 1 is 1.07 bits per heavy atom. The average Bonchev–Trinajstić information content (AvgIpc) is 3.16. The number of aromatic amines is 1. The van der Waals surface area contributed by atoms with Gasteiger partial charge < -0.3 is 19.9 Å². The van der Waals surface area contributed by atoms with Crippen LogP contribution in [0.15, 0.2) is 48.7 Å². The minimum atomic E-state index is -0.919. The lowest BCUT2D eigenvalue weighted by molar-refractivity contribution is 0.0697. The molecule has 2 aromatic carbocycles. The van der Waals surface area contributed by atoms with Crippen molar-refractivity contribution in [1.29, 1.82) is 0 Å². The first-order valence-electron chi connectivity index (χ1n) is 8.66. The Balaban J connectivity index is 1.42. The third-order valence-corrected chi connectivity index (χ3v) is 4.39. The lowest BCUT2D eigenvalue weighted by Gasteiger charge is -2.18. The van der Waals surface area contributed by atoms with Gasteiger partial charge in [-0.2, -0.15) is 5.10 Å². The van der Waals surface area contributed by atoms with Crippen LogP contribution in [0.1, 0.15) is 21.5 Å². The average molecular weight is 365 g/mol. The number of carbonyl (C=O) groups is 1. The Morgan fingerprint density at radius 2 is 1.85 bits per heavy atom. The van der Waals surface area contributed by atoms with E-state index in [1.807, 2.05) is 30.3 Å². The molecule has 0 amide bonds. The molecule has 3 aromatic rings. The number of fused-ring (bicyclic) bond motifs is 1. The van der Waals surface area contributed by atoms with Gasteiger partial charge in [0.05, 0.1) is 17.5 Å². The lowest BCUT2D eigenvalue weighted by atomic mass is 10.1. The molecule has 0 bridgehead atoms. The van der Waals surface area contributed by atoms with Gasteiger partial charge in [0.25, 0.3) is 0 Å². The maximum atomic E-state index is 10.9. The summed E-state index contributed by atoms with van der Waals surface area (Å²) in [5.41, 5.74) is 4.26. The molecule has 0 saturated heterocycles.